The Morgan fingerprint density at radius 2 is 1.90 bits per heavy atom. The van der Waals surface area contributed by atoms with E-state index in [2.05, 4.69) is 6.07 Å². The van der Waals surface area contributed by atoms with Gasteiger partial charge in [-0.1, -0.05) is 36.9 Å². The van der Waals surface area contributed by atoms with Crippen molar-refractivity contribution in [3.05, 3.63) is 22.7 Å². The van der Waals surface area contributed by atoms with Crippen molar-refractivity contribution in [3.63, 3.8) is 0 Å². The number of benzene rings is 1. The molecule has 0 aliphatic heterocycles. The zero-order valence-corrected chi connectivity index (χ0v) is 13.1. The van der Waals surface area contributed by atoms with E-state index in [4.69, 9.17) is 21.1 Å². The lowest BCUT2D eigenvalue weighted by Gasteiger charge is -2.35. The van der Waals surface area contributed by atoms with Gasteiger partial charge in [0.1, 0.15) is 0 Å². The predicted molar refractivity (Wildman–Crippen MR) is 80.6 cm³/mol. The lowest BCUT2D eigenvalue weighted by molar-refractivity contribution is 0.0359. The van der Waals surface area contributed by atoms with Gasteiger partial charge in [0.05, 0.1) is 36.8 Å². The molecule has 5 heteroatoms. The van der Waals surface area contributed by atoms with Crippen LogP contribution in [0.25, 0.3) is 0 Å². The zero-order valence-electron chi connectivity index (χ0n) is 12.4. The van der Waals surface area contributed by atoms with Crippen LogP contribution in [-0.4, -0.2) is 19.3 Å². The van der Waals surface area contributed by atoms with E-state index in [1.165, 1.54) is 14.2 Å². The van der Waals surface area contributed by atoms with Gasteiger partial charge < -0.3 is 14.6 Å². The molecule has 1 aliphatic carbocycles. The SMILES string of the molecule is COc1ccc(C(O)C2(C#N)CCCCC2)c(Cl)c1OC. The van der Waals surface area contributed by atoms with Crippen molar-refractivity contribution in [2.75, 3.05) is 14.2 Å². The molecule has 1 atom stereocenters. The molecule has 1 N–H and O–H groups in total. The van der Waals surface area contributed by atoms with Crippen LogP contribution in [0.3, 0.4) is 0 Å². The van der Waals surface area contributed by atoms with Crippen molar-refractivity contribution in [2.45, 2.75) is 38.2 Å². The van der Waals surface area contributed by atoms with Crippen molar-refractivity contribution < 1.29 is 14.6 Å². The highest BCUT2D eigenvalue weighted by Crippen LogP contribution is 2.49. The molecule has 1 aromatic carbocycles. The van der Waals surface area contributed by atoms with Gasteiger partial charge in [-0.3, -0.25) is 0 Å². The Morgan fingerprint density at radius 3 is 2.43 bits per heavy atom. The fourth-order valence-corrected chi connectivity index (χ4v) is 3.38. The van der Waals surface area contributed by atoms with Gasteiger partial charge in [-0.05, 0) is 18.9 Å². The summed E-state index contributed by atoms with van der Waals surface area (Å²) < 4.78 is 10.5. The summed E-state index contributed by atoms with van der Waals surface area (Å²) in [6.45, 7) is 0. The number of methoxy groups -OCH3 is 2. The van der Waals surface area contributed by atoms with Crippen LogP contribution in [0, 0.1) is 16.7 Å². The Labute approximate surface area is 130 Å². The van der Waals surface area contributed by atoms with Crippen molar-refractivity contribution in [1.29, 1.82) is 5.26 Å². The number of ether oxygens (including phenoxy) is 2. The predicted octanol–water partition coefficient (Wildman–Crippen LogP) is 3.86. The maximum atomic E-state index is 10.8. The average molecular weight is 310 g/mol. The van der Waals surface area contributed by atoms with Crippen LogP contribution in [0.4, 0.5) is 0 Å². The molecule has 0 saturated heterocycles. The number of aliphatic hydroxyl groups excluding tert-OH is 1. The van der Waals surface area contributed by atoms with Gasteiger partial charge >= 0.3 is 0 Å². The summed E-state index contributed by atoms with van der Waals surface area (Å²) in [6, 6.07) is 5.74. The minimum absolute atomic E-state index is 0.310. The number of hydrogen-bond donors (Lipinski definition) is 1. The summed E-state index contributed by atoms with van der Waals surface area (Å²) in [5.74, 6) is 0.896. The van der Waals surface area contributed by atoms with Crippen LogP contribution in [0.5, 0.6) is 11.5 Å². The smallest absolute Gasteiger partial charge is 0.179 e. The third-order valence-electron chi connectivity index (χ3n) is 4.30. The number of hydrogen-bond acceptors (Lipinski definition) is 4. The maximum absolute atomic E-state index is 10.8. The monoisotopic (exact) mass is 309 g/mol. The molecule has 4 nitrogen and oxygen atoms in total. The molecule has 114 valence electrons. The molecule has 1 unspecified atom stereocenters. The molecule has 0 radical (unpaired) electrons. The number of nitriles is 1. The Hall–Kier alpha value is -1.44. The third-order valence-corrected chi connectivity index (χ3v) is 4.69. The molecule has 1 fully saturated rings. The lowest BCUT2D eigenvalue weighted by atomic mass is 9.69. The van der Waals surface area contributed by atoms with Gasteiger partial charge in [0.15, 0.2) is 11.5 Å². The molecular formula is C16H20ClNO3. The molecule has 0 heterocycles. The summed E-state index contributed by atoms with van der Waals surface area (Å²) >= 11 is 6.35. The van der Waals surface area contributed by atoms with Gasteiger partial charge in [-0.25, -0.2) is 0 Å². The quantitative estimate of drug-likeness (QED) is 0.917. The molecule has 0 amide bonds. The first-order chi connectivity index (χ1) is 10.1. The molecule has 1 saturated carbocycles. The third kappa shape index (κ3) is 2.81. The van der Waals surface area contributed by atoms with E-state index in [1.807, 2.05) is 0 Å². The molecule has 1 aromatic rings. The number of nitrogens with zero attached hydrogens (tertiary/aromatic N) is 1. The van der Waals surface area contributed by atoms with Crippen molar-refractivity contribution in [2.24, 2.45) is 5.41 Å². The van der Waals surface area contributed by atoms with Gasteiger partial charge in [0, 0.05) is 5.56 Å². The Bertz CT molecular complexity index is 547. The first-order valence-corrected chi connectivity index (χ1v) is 7.47. The van der Waals surface area contributed by atoms with Crippen LogP contribution >= 0.6 is 11.6 Å². The maximum Gasteiger partial charge on any atom is 0.179 e. The normalized spacial score (nSPS) is 18.6. The highest BCUT2D eigenvalue weighted by molar-refractivity contribution is 6.33. The molecule has 2 rings (SSSR count). The van der Waals surface area contributed by atoms with E-state index < -0.39 is 11.5 Å². The summed E-state index contributed by atoms with van der Waals surface area (Å²) in [4.78, 5) is 0. The first kappa shape index (κ1) is 15.9. The fraction of sp³-hybridized carbons (Fsp3) is 0.562. The Morgan fingerprint density at radius 1 is 1.24 bits per heavy atom. The van der Waals surface area contributed by atoms with E-state index in [0.29, 0.717) is 34.9 Å². The van der Waals surface area contributed by atoms with Gasteiger partial charge in [-0.15, -0.1) is 0 Å². The van der Waals surface area contributed by atoms with Crippen LogP contribution in [0.1, 0.15) is 43.8 Å². The average Bonchev–Trinajstić information content (AvgIpc) is 2.54. The molecule has 21 heavy (non-hydrogen) atoms. The Balaban J connectivity index is 2.43. The summed E-state index contributed by atoms with van der Waals surface area (Å²) in [5.41, 5.74) is -0.237. The minimum atomic E-state index is -0.921. The molecule has 1 aliphatic rings. The van der Waals surface area contributed by atoms with Crippen LogP contribution in [0.15, 0.2) is 12.1 Å². The first-order valence-electron chi connectivity index (χ1n) is 7.09. The van der Waals surface area contributed by atoms with Crippen molar-refractivity contribution in [3.8, 4) is 17.6 Å². The van der Waals surface area contributed by atoms with Crippen molar-refractivity contribution in [1.82, 2.24) is 0 Å². The standard InChI is InChI=1S/C16H20ClNO3/c1-20-12-7-6-11(13(17)14(12)21-2)15(19)16(10-18)8-4-3-5-9-16/h6-7,15,19H,3-5,8-9H2,1-2H3. The van der Waals surface area contributed by atoms with E-state index in [0.717, 1.165) is 19.3 Å². The molecule has 0 aromatic heterocycles. The van der Waals surface area contributed by atoms with E-state index in [1.54, 1.807) is 12.1 Å². The number of halogens is 1. The second kappa shape index (κ2) is 6.55. The summed E-state index contributed by atoms with van der Waals surface area (Å²) in [6.07, 6.45) is 3.47. The van der Waals surface area contributed by atoms with Gasteiger partial charge in [0.2, 0.25) is 0 Å². The van der Waals surface area contributed by atoms with Gasteiger partial charge in [-0.2, -0.15) is 5.26 Å². The van der Waals surface area contributed by atoms with Crippen LogP contribution < -0.4 is 9.47 Å². The fourth-order valence-electron chi connectivity index (χ4n) is 3.04. The van der Waals surface area contributed by atoms with Gasteiger partial charge in [0.25, 0.3) is 0 Å². The second-order valence-electron chi connectivity index (χ2n) is 5.44. The molecular weight excluding hydrogens is 290 g/mol. The van der Waals surface area contributed by atoms with E-state index in [-0.39, 0.29) is 0 Å². The van der Waals surface area contributed by atoms with E-state index >= 15 is 0 Å². The molecule has 0 bridgehead atoms. The molecule has 0 spiro atoms. The van der Waals surface area contributed by atoms with Crippen LogP contribution in [0.2, 0.25) is 5.02 Å². The summed E-state index contributed by atoms with van der Waals surface area (Å²) in [5, 5.41) is 20.6. The summed E-state index contributed by atoms with van der Waals surface area (Å²) in [7, 11) is 3.03. The number of aliphatic hydroxyl groups is 1. The highest BCUT2D eigenvalue weighted by Gasteiger charge is 2.41. The highest BCUT2D eigenvalue weighted by atomic mass is 35.5. The largest absolute Gasteiger partial charge is 0.493 e. The van der Waals surface area contributed by atoms with Crippen LogP contribution in [-0.2, 0) is 0 Å². The van der Waals surface area contributed by atoms with Crippen molar-refractivity contribution >= 4 is 11.6 Å². The second-order valence-corrected chi connectivity index (χ2v) is 5.81. The minimum Gasteiger partial charge on any atom is -0.493 e. The Kier molecular flexibility index (Phi) is 4.97. The lowest BCUT2D eigenvalue weighted by Crippen LogP contribution is -2.30. The zero-order chi connectivity index (χ0) is 15.5. The van der Waals surface area contributed by atoms with E-state index in [9.17, 15) is 10.4 Å². The topological polar surface area (TPSA) is 62.5 Å². The number of rotatable bonds is 4.